The van der Waals surface area contributed by atoms with Crippen LogP contribution in [0.25, 0.3) is 10.2 Å². The molecule has 23 heavy (non-hydrogen) atoms. The molecular weight excluding hydrogens is 304 g/mol. The van der Waals surface area contributed by atoms with Gasteiger partial charge in [-0.3, -0.25) is 5.43 Å². The van der Waals surface area contributed by atoms with Crippen molar-refractivity contribution in [2.45, 2.75) is 13.8 Å². The Labute approximate surface area is 140 Å². The zero-order valence-electron chi connectivity index (χ0n) is 13.4. The third-order valence-corrected chi connectivity index (χ3v) is 4.63. The Hall–Kier alpha value is -2.40. The second kappa shape index (κ2) is 7.24. The number of benzene rings is 2. The van der Waals surface area contributed by atoms with Crippen LogP contribution in [0.5, 0.6) is 0 Å². The minimum absolute atomic E-state index is 0.808. The van der Waals surface area contributed by atoms with Crippen molar-refractivity contribution in [1.82, 2.24) is 4.98 Å². The fourth-order valence-electron chi connectivity index (χ4n) is 2.44. The maximum atomic E-state index is 4.49. The molecule has 3 aromatic rings. The summed E-state index contributed by atoms with van der Waals surface area (Å²) >= 11 is 1.60. The number of aromatic nitrogens is 1. The lowest BCUT2D eigenvalue weighted by Crippen LogP contribution is -2.21. The van der Waals surface area contributed by atoms with Crippen molar-refractivity contribution in [3.8, 4) is 0 Å². The van der Waals surface area contributed by atoms with Gasteiger partial charge in [0, 0.05) is 18.8 Å². The molecule has 0 aliphatic rings. The summed E-state index contributed by atoms with van der Waals surface area (Å²) in [4.78, 5) is 6.81. The van der Waals surface area contributed by atoms with Gasteiger partial charge in [0.05, 0.1) is 16.4 Å². The Kier molecular flexibility index (Phi) is 4.88. The van der Waals surface area contributed by atoms with Gasteiger partial charge in [0.25, 0.3) is 0 Å². The number of nitrogens with zero attached hydrogens (tertiary/aromatic N) is 3. The van der Waals surface area contributed by atoms with E-state index < -0.39 is 0 Å². The van der Waals surface area contributed by atoms with Crippen molar-refractivity contribution in [1.29, 1.82) is 0 Å². The molecule has 0 fully saturated rings. The van der Waals surface area contributed by atoms with Crippen LogP contribution in [0.4, 0.5) is 10.8 Å². The van der Waals surface area contributed by atoms with Crippen molar-refractivity contribution >= 4 is 38.6 Å². The maximum Gasteiger partial charge on any atom is 0.204 e. The number of hydrogen-bond donors (Lipinski definition) is 1. The highest BCUT2D eigenvalue weighted by atomic mass is 32.1. The summed E-state index contributed by atoms with van der Waals surface area (Å²) in [6.07, 6.45) is 1.82. The molecule has 0 bridgehead atoms. The monoisotopic (exact) mass is 324 g/mol. The summed E-state index contributed by atoms with van der Waals surface area (Å²) in [7, 11) is 0. The van der Waals surface area contributed by atoms with Gasteiger partial charge >= 0.3 is 0 Å². The number of hydrazone groups is 1. The molecular formula is C18H20N4S. The smallest absolute Gasteiger partial charge is 0.204 e. The summed E-state index contributed by atoms with van der Waals surface area (Å²) in [5, 5.41) is 5.09. The van der Waals surface area contributed by atoms with E-state index in [1.807, 2.05) is 24.4 Å². The van der Waals surface area contributed by atoms with Gasteiger partial charge in [-0.15, -0.1) is 0 Å². The highest BCUT2D eigenvalue weighted by Gasteiger charge is 2.02. The van der Waals surface area contributed by atoms with Crippen LogP contribution in [0.2, 0.25) is 0 Å². The van der Waals surface area contributed by atoms with Gasteiger partial charge in [-0.2, -0.15) is 5.10 Å². The Morgan fingerprint density at radius 3 is 2.52 bits per heavy atom. The first-order chi connectivity index (χ1) is 11.3. The van der Waals surface area contributed by atoms with E-state index in [2.05, 4.69) is 64.6 Å². The highest BCUT2D eigenvalue weighted by Crippen LogP contribution is 2.25. The summed E-state index contributed by atoms with van der Waals surface area (Å²) in [5.41, 5.74) is 6.31. The lowest BCUT2D eigenvalue weighted by atomic mass is 10.2. The van der Waals surface area contributed by atoms with E-state index >= 15 is 0 Å². The molecule has 3 rings (SSSR count). The van der Waals surface area contributed by atoms with E-state index in [9.17, 15) is 0 Å². The lowest BCUT2D eigenvalue weighted by molar-refractivity contribution is 0.866. The number of nitrogens with one attached hydrogen (secondary N) is 1. The molecule has 2 aromatic carbocycles. The molecule has 118 valence electrons. The molecule has 0 saturated carbocycles. The quantitative estimate of drug-likeness (QED) is 0.532. The van der Waals surface area contributed by atoms with E-state index in [1.165, 1.54) is 5.69 Å². The molecule has 0 aliphatic carbocycles. The standard InChI is InChI=1S/C18H20N4S/c1-3-22(4-2)15-11-9-14(10-12-15)13-19-21-18-20-16-7-5-6-8-17(16)23-18/h5-13H,3-4H2,1-2H3,(H,20,21). The van der Waals surface area contributed by atoms with E-state index in [0.717, 1.165) is 34.0 Å². The Balaban J connectivity index is 1.65. The predicted molar refractivity (Wildman–Crippen MR) is 101 cm³/mol. The van der Waals surface area contributed by atoms with Crippen LogP contribution < -0.4 is 10.3 Å². The molecule has 4 nitrogen and oxygen atoms in total. The molecule has 1 N–H and O–H groups in total. The number of fused-ring (bicyclic) bond motifs is 1. The summed E-state index contributed by atoms with van der Waals surface area (Å²) in [5.74, 6) is 0. The van der Waals surface area contributed by atoms with Gasteiger partial charge in [-0.25, -0.2) is 4.98 Å². The van der Waals surface area contributed by atoms with Crippen molar-refractivity contribution in [2.24, 2.45) is 5.10 Å². The molecule has 1 aromatic heterocycles. The van der Waals surface area contributed by atoms with E-state index in [4.69, 9.17) is 0 Å². The van der Waals surface area contributed by atoms with Gasteiger partial charge < -0.3 is 4.90 Å². The molecule has 1 heterocycles. The highest BCUT2D eigenvalue weighted by molar-refractivity contribution is 7.22. The first-order valence-corrected chi connectivity index (χ1v) is 8.61. The van der Waals surface area contributed by atoms with Gasteiger partial charge in [0.1, 0.15) is 0 Å². The average Bonchev–Trinajstić information content (AvgIpc) is 3.00. The number of para-hydroxylation sites is 1. The van der Waals surface area contributed by atoms with Crippen molar-refractivity contribution in [3.63, 3.8) is 0 Å². The lowest BCUT2D eigenvalue weighted by Gasteiger charge is -2.20. The van der Waals surface area contributed by atoms with Gasteiger partial charge in [-0.1, -0.05) is 35.6 Å². The minimum atomic E-state index is 0.808. The second-order valence-electron chi connectivity index (χ2n) is 5.12. The molecule has 0 amide bonds. The van der Waals surface area contributed by atoms with Gasteiger partial charge in [0.15, 0.2) is 0 Å². The zero-order valence-corrected chi connectivity index (χ0v) is 14.2. The fraction of sp³-hybridized carbons (Fsp3) is 0.222. The maximum absolute atomic E-state index is 4.49. The molecule has 0 saturated heterocycles. The molecule has 0 unspecified atom stereocenters. The average molecular weight is 324 g/mol. The van der Waals surface area contributed by atoms with Crippen LogP contribution in [0.3, 0.4) is 0 Å². The van der Waals surface area contributed by atoms with E-state index in [1.54, 1.807) is 11.3 Å². The Bertz CT molecular complexity index is 755. The number of hydrogen-bond acceptors (Lipinski definition) is 5. The van der Waals surface area contributed by atoms with Crippen molar-refractivity contribution in [3.05, 3.63) is 54.1 Å². The van der Waals surface area contributed by atoms with E-state index in [-0.39, 0.29) is 0 Å². The summed E-state index contributed by atoms with van der Waals surface area (Å²) in [6.45, 7) is 6.37. The van der Waals surface area contributed by atoms with Crippen LogP contribution in [-0.4, -0.2) is 24.3 Å². The first-order valence-electron chi connectivity index (χ1n) is 7.79. The minimum Gasteiger partial charge on any atom is -0.372 e. The topological polar surface area (TPSA) is 40.5 Å². The van der Waals surface area contributed by atoms with Crippen molar-refractivity contribution < 1.29 is 0 Å². The normalized spacial score (nSPS) is 11.2. The number of thiazole rings is 1. The Morgan fingerprint density at radius 2 is 1.83 bits per heavy atom. The first kappa shape index (κ1) is 15.5. The fourth-order valence-corrected chi connectivity index (χ4v) is 3.26. The van der Waals surface area contributed by atoms with Crippen molar-refractivity contribution in [2.75, 3.05) is 23.4 Å². The molecule has 0 radical (unpaired) electrons. The summed E-state index contributed by atoms with van der Waals surface area (Å²) in [6, 6.07) is 16.5. The Morgan fingerprint density at radius 1 is 1.09 bits per heavy atom. The van der Waals surface area contributed by atoms with Gasteiger partial charge in [0.2, 0.25) is 5.13 Å². The zero-order chi connectivity index (χ0) is 16.1. The van der Waals surface area contributed by atoms with Crippen LogP contribution in [0.15, 0.2) is 53.6 Å². The molecule has 5 heteroatoms. The summed E-state index contributed by atoms with van der Waals surface area (Å²) < 4.78 is 1.16. The van der Waals surface area contributed by atoms with Crippen LogP contribution >= 0.6 is 11.3 Å². The second-order valence-corrected chi connectivity index (χ2v) is 6.15. The number of rotatable bonds is 6. The third kappa shape index (κ3) is 3.68. The predicted octanol–water partition coefficient (Wildman–Crippen LogP) is 4.59. The van der Waals surface area contributed by atoms with Gasteiger partial charge in [-0.05, 0) is 43.7 Å². The van der Waals surface area contributed by atoms with Crippen LogP contribution in [0.1, 0.15) is 19.4 Å². The molecule has 0 aliphatic heterocycles. The largest absolute Gasteiger partial charge is 0.372 e. The molecule has 0 atom stereocenters. The number of anilines is 2. The third-order valence-electron chi connectivity index (χ3n) is 3.69. The van der Waals surface area contributed by atoms with Crippen LogP contribution in [0, 0.1) is 0 Å². The van der Waals surface area contributed by atoms with Crippen LogP contribution in [-0.2, 0) is 0 Å². The van der Waals surface area contributed by atoms with E-state index in [0.29, 0.717) is 0 Å². The SMILES string of the molecule is CCN(CC)c1ccc(C=NNc2nc3ccccc3s2)cc1. The molecule has 0 spiro atoms.